The monoisotopic (exact) mass is 365 g/mol. The molecule has 8 nitrogen and oxygen atoms in total. The molecule has 27 heavy (non-hydrogen) atoms. The highest BCUT2D eigenvalue weighted by molar-refractivity contribution is 5.76. The summed E-state index contributed by atoms with van der Waals surface area (Å²) >= 11 is 0. The van der Waals surface area contributed by atoms with E-state index in [2.05, 4.69) is 20.4 Å². The van der Waals surface area contributed by atoms with Crippen molar-refractivity contribution in [1.29, 1.82) is 0 Å². The first-order valence-electron chi connectivity index (χ1n) is 8.58. The first-order chi connectivity index (χ1) is 13.3. The van der Waals surface area contributed by atoms with Crippen molar-refractivity contribution in [2.24, 2.45) is 0 Å². The van der Waals surface area contributed by atoms with Gasteiger partial charge in [-0.2, -0.15) is 10.1 Å². The van der Waals surface area contributed by atoms with Crippen LogP contribution in [0.5, 0.6) is 0 Å². The molecule has 4 rings (SSSR count). The average Bonchev–Trinajstić information content (AvgIpc) is 3.36. The van der Waals surface area contributed by atoms with Gasteiger partial charge in [-0.1, -0.05) is 18.2 Å². The molecule has 138 valence electrons. The maximum Gasteiger partial charge on any atom is 0.263 e. The van der Waals surface area contributed by atoms with E-state index >= 15 is 0 Å². The predicted octanol–water partition coefficient (Wildman–Crippen LogP) is 2.89. The molecule has 3 heterocycles. The second-order valence-corrected chi connectivity index (χ2v) is 6.04. The van der Waals surface area contributed by atoms with Gasteiger partial charge in [-0.3, -0.25) is 9.78 Å². The molecular weight excluding hydrogens is 346 g/mol. The summed E-state index contributed by atoms with van der Waals surface area (Å²) in [7, 11) is 1.64. The van der Waals surface area contributed by atoms with Crippen LogP contribution >= 0.6 is 0 Å². The number of rotatable bonds is 7. The Labute approximate surface area is 154 Å². The van der Waals surface area contributed by atoms with Gasteiger partial charge in [0.05, 0.1) is 24.2 Å². The number of fused-ring (bicyclic) bond motifs is 1. The highest BCUT2D eigenvalue weighted by Gasteiger charge is 2.17. The molecule has 0 aliphatic carbocycles. The number of hydrogen-bond acceptors (Lipinski definition) is 6. The second kappa shape index (κ2) is 7.46. The Morgan fingerprint density at radius 3 is 2.85 bits per heavy atom. The third-order valence-electron chi connectivity index (χ3n) is 4.25. The molecule has 0 amide bonds. The topological polar surface area (TPSA) is 98.0 Å². The largest absolute Gasteiger partial charge is 0.467 e. The van der Waals surface area contributed by atoms with Gasteiger partial charge in [-0.25, -0.2) is 4.68 Å². The molecule has 1 aromatic carbocycles. The maximum atomic E-state index is 12.5. The lowest BCUT2D eigenvalue weighted by Crippen LogP contribution is -2.18. The van der Waals surface area contributed by atoms with Crippen LogP contribution in [0.3, 0.4) is 0 Å². The van der Waals surface area contributed by atoms with Crippen LogP contribution in [0.2, 0.25) is 0 Å². The van der Waals surface area contributed by atoms with Crippen molar-refractivity contribution in [3.63, 3.8) is 0 Å². The van der Waals surface area contributed by atoms with E-state index in [-0.39, 0.29) is 11.6 Å². The number of para-hydroxylation sites is 1. The molecule has 4 aromatic rings. The molecule has 0 fully saturated rings. The summed E-state index contributed by atoms with van der Waals surface area (Å²) in [5, 5.41) is 7.98. The van der Waals surface area contributed by atoms with Crippen LogP contribution in [0.25, 0.3) is 16.7 Å². The Bertz CT molecular complexity index is 1070. The summed E-state index contributed by atoms with van der Waals surface area (Å²) in [5.74, 6) is 1.09. The Balaban J connectivity index is 1.72. The summed E-state index contributed by atoms with van der Waals surface area (Å²) in [5.41, 5.74) is 1.06. The average molecular weight is 365 g/mol. The molecule has 8 heteroatoms. The number of methoxy groups -OCH3 is 1. The number of ether oxygens (including phenoxy) is 1. The molecule has 1 atom stereocenters. The minimum Gasteiger partial charge on any atom is -0.467 e. The number of H-pyrrole nitrogens is 1. The van der Waals surface area contributed by atoms with E-state index in [9.17, 15) is 4.79 Å². The Kier molecular flexibility index (Phi) is 4.71. The van der Waals surface area contributed by atoms with Crippen LogP contribution in [0.15, 0.2) is 64.1 Å². The van der Waals surface area contributed by atoms with Crippen LogP contribution in [0.1, 0.15) is 18.2 Å². The van der Waals surface area contributed by atoms with Gasteiger partial charge in [0.15, 0.2) is 5.65 Å². The Morgan fingerprint density at radius 2 is 2.11 bits per heavy atom. The number of benzene rings is 1. The zero-order valence-electron chi connectivity index (χ0n) is 14.8. The number of nitrogens with zero attached hydrogens (tertiary/aromatic N) is 3. The van der Waals surface area contributed by atoms with Gasteiger partial charge in [0.2, 0.25) is 5.95 Å². The van der Waals surface area contributed by atoms with Crippen LogP contribution < -0.4 is 10.9 Å². The van der Waals surface area contributed by atoms with Gasteiger partial charge in [0.25, 0.3) is 5.56 Å². The van der Waals surface area contributed by atoms with Crippen molar-refractivity contribution < 1.29 is 9.15 Å². The lowest BCUT2D eigenvalue weighted by Gasteiger charge is -2.16. The smallest absolute Gasteiger partial charge is 0.263 e. The highest BCUT2D eigenvalue weighted by atomic mass is 16.5. The van der Waals surface area contributed by atoms with Gasteiger partial charge in [-0.05, 0) is 30.7 Å². The molecule has 0 unspecified atom stereocenters. The molecule has 0 saturated carbocycles. The molecule has 0 bridgehead atoms. The molecule has 0 radical (unpaired) electrons. The zero-order chi connectivity index (χ0) is 18.6. The fraction of sp³-hybridized carbons (Fsp3) is 0.211. The summed E-state index contributed by atoms with van der Waals surface area (Å²) in [4.78, 5) is 19.8. The van der Waals surface area contributed by atoms with Crippen LogP contribution in [-0.4, -0.2) is 33.5 Å². The van der Waals surface area contributed by atoms with Gasteiger partial charge in [0.1, 0.15) is 11.1 Å². The van der Waals surface area contributed by atoms with E-state index in [1.165, 1.54) is 6.20 Å². The molecule has 0 aliphatic heterocycles. The number of hydrogen-bond donors (Lipinski definition) is 2. The van der Waals surface area contributed by atoms with Crippen molar-refractivity contribution >= 4 is 17.0 Å². The number of anilines is 1. The summed E-state index contributed by atoms with van der Waals surface area (Å²) in [6.07, 6.45) is 3.79. The number of aromatic nitrogens is 4. The van der Waals surface area contributed by atoms with E-state index in [4.69, 9.17) is 9.15 Å². The summed E-state index contributed by atoms with van der Waals surface area (Å²) in [6, 6.07) is 13.1. The van der Waals surface area contributed by atoms with E-state index in [0.717, 1.165) is 11.4 Å². The van der Waals surface area contributed by atoms with Gasteiger partial charge in [-0.15, -0.1) is 0 Å². The van der Waals surface area contributed by atoms with Crippen molar-refractivity contribution in [3.8, 4) is 5.69 Å². The highest BCUT2D eigenvalue weighted by Crippen LogP contribution is 2.22. The van der Waals surface area contributed by atoms with Gasteiger partial charge in [0, 0.05) is 13.7 Å². The SMILES string of the molecule is COCC[C@@H](Nc1nc2c(cnn2-c2ccccc2)c(=O)[nH]1)c1ccco1. The number of aromatic amines is 1. The Morgan fingerprint density at radius 1 is 1.26 bits per heavy atom. The predicted molar refractivity (Wildman–Crippen MR) is 101 cm³/mol. The lowest BCUT2D eigenvalue weighted by molar-refractivity contribution is 0.187. The fourth-order valence-electron chi connectivity index (χ4n) is 2.92. The lowest BCUT2D eigenvalue weighted by atomic mass is 10.1. The number of furan rings is 1. The molecule has 2 N–H and O–H groups in total. The van der Waals surface area contributed by atoms with Crippen LogP contribution in [-0.2, 0) is 4.74 Å². The minimum absolute atomic E-state index is 0.186. The standard InChI is InChI=1S/C19H19N5O3/c1-26-11-9-15(16-8-5-10-27-16)21-19-22-17-14(18(25)23-19)12-20-24(17)13-6-3-2-4-7-13/h2-8,10,12,15H,9,11H2,1H3,(H2,21,22,23,25)/t15-/m1/s1. The van der Waals surface area contributed by atoms with E-state index in [1.54, 1.807) is 18.1 Å². The van der Waals surface area contributed by atoms with E-state index in [1.807, 2.05) is 42.5 Å². The quantitative estimate of drug-likeness (QED) is 0.523. The van der Waals surface area contributed by atoms with Crippen molar-refractivity contribution in [2.45, 2.75) is 12.5 Å². The molecular formula is C19H19N5O3. The third-order valence-corrected chi connectivity index (χ3v) is 4.25. The van der Waals surface area contributed by atoms with E-state index in [0.29, 0.717) is 30.0 Å². The second-order valence-electron chi connectivity index (χ2n) is 6.04. The molecule has 3 aromatic heterocycles. The summed E-state index contributed by atoms with van der Waals surface area (Å²) < 4.78 is 12.3. The third kappa shape index (κ3) is 3.47. The van der Waals surface area contributed by atoms with Gasteiger partial charge >= 0.3 is 0 Å². The first kappa shape index (κ1) is 17.0. The normalized spacial score (nSPS) is 12.3. The summed E-state index contributed by atoms with van der Waals surface area (Å²) in [6.45, 7) is 0.535. The van der Waals surface area contributed by atoms with Crippen molar-refractivity contribution in [3.05, 3.63) is 71.0 Å². The van der Waals surface area contributed by atoms with Crippen molar-refractivity contribution in [1.82, 2.24) is 19.7 Å². The number of nitrogens with one attached hydrogen (secondary N) is 2. The Hall–Kier alpha value is -3.39. The maximum absolute atomic E-state index is 12.5. The van der Waals surface area contributed by atoms with Crippen LogP contribution in [0, 0.1) is 0 Å². The van der Waals surface area contributed by atoms with Gasteiger partial charge < -0.3 is 14.5 Å². The molecule has 0 saturated heterocycles. The van der Waals surface area contributed by atoms with Crippen LogP contribution in [0.4, 0.5) is 5.95 Å². The van der Waals surface area contributed by atoms with Crippen molar-refractivity contribution in [2.75, 3.05) is 19.0 Å². The molecule has 0 aliphatic rings. The first-order valence-corrected chi connectivity index (χ1v) is 8.58. The fourth-order valence-corrected chi connectivity index (χ4v) is 2.92. The molecule has 0 spiro atoms. The van der Waals surface area contributed by atoms with E-state index < -0.39 is 0 Å². The zero-order valence-corrected chi connectivity index (χ0v) is 14.8. The minimum atomic E-state index is -0.255.